The minimum absolute atomic E-state index is 0. The Bertz CT molecular complexity index is 427. The van der Waals surface area contributed by atoms with E-state index < -0.39 is 16.8 Å². The van der Waals surface area contributed by atoms with Crippen molar-refractivity contribution in [1.29, 1.82) is 0 Å². The van der Waals surface area contributed by atoms with Crippen molar-refractivity contribution in [3.8, 4) is 5.75 Å². The van der Waals surface area contributed by atoms with Crippen LogP contribution in [0.25, 0.3) is 0 Å². The second-order valence-corrected chi connectivity index (χ2v) is 3.31. The molecular formula is C9H10ClFN2O3. The lowest BCUT2D eigenvalue weighted by atomic mass is 9.99. The van der Waals surface area contributed by atoms with Crippen molar-refractivity contribution in [2.75, 3.05) is 6.61 Å². The van der Waals surface area contributed by atoms with Crippen molar-refractivity contribution in [3.05, 3.63) is 33.6 Å². The van der Waals surface area contributed by atoms with E-state index in [1.807, 2.05) is 0 Å². The van der Waals surface area contributed by atoms with Crippen LogP contribution in [-0.2, 0) is 0 Å². The molecule has 16 heavy (non-hydrogen) atoms. The fourth-order valence-corrected chi connectivity index (χ4v) is 1.66. The van der Waals surface area contributed by atoms with Crippen LogP contribution in [0.1, 0.15) is 18.0 Å². The molecule has 2 rings (SSSR count). The quantitative estimate of drug-likeness (QED) is 0.608. The van der Waals surface area contributed by atoms with Gasteiger partial charge < -0.3 is 10.5 Å². The van der Waals surface area contributed by atoms with Crippen LogP contribution in [0.4, 0.5) is 10.1 Å². The summed E-state index contributed by atoms with van der Waals surface area (Å²) in [4.78, 5) is 10.1. The van der Waals surface area contributed by atoms with Crippen molar-refractivity contribution >= 4 is 18.1 Å². The first-order chi connectivity index (χ1) is 7.11. The number of hydrogen-bond donors (Lipinski definition) is 1. The lowest BCUT2D eigenvalue weighted by Gasteiger charge is -2.22. The summed E-state index contributed by atoms with van der Waals surface area (Å²) in [7, 11) is 0. The third kappa shape index (κ3) is 1.94. The summed E-state index contributed by atoms with van der Waals surface area (Å²) in [6.45, 7) is 0.284. The minimum Gasteiger partial charge on any atom is -0.490 e. The topological polar surface area (TPSA) is 78.4 Å². The standard InChI is InChI=1S/C9H9FN2O3.ClH/c10-5-1-2-7(12(13)14)8-6(11)3-4-15-9(5)8;/h1-2,6H,3-4,11H2;1H/t6-;/m1./s1. The number of ether oxygens (including phenoxy) is 1. The molecule has 0 spiro atoms. The van der Waals surface area contributed by atoms with Gasteiger partial charge in [-0.15, -0.1) is 12.4 Å². The zero-order valence-corrected chi connectivity index (χ0v) is 9.00. The number of nitro groups is 1. The molecule has 7 heteroatoms. The Hall–Kier alpha value is -1.40. The van der Waals surface area contributed by atoms with Crippen LogP contribution in [0.2, 0.25) is 0 Å². The molecule has 0 aromatic heterocycles. The minimum atomic E-state index is -0.606. The van der Waals surface area contributed by atoms with Gasteiger partial charge in [0, 0.05) is 18.5 Å². The zero-order chi connectivity index (χ0) is 11.0. The van der Waals surface area contributed by atoms with Crippen molar-refractivity contribution in [3.63, 3.8) is 0 Å². The van der Waals surface area contributed by atoms with Crippen LogP contribution in [-0.4, -0.2) is 11.5 Å². The Balaban J connectivity index is 0.00000128. The van der Waals surface area contributed by atoms with Crippen LogP contribution in [0.3, 0.4) is 0 Å². The second kappa shape index (κ2) is 4.63. The summed E-state index contributed by atoms with van der Waals surface area (Å²) in [6, 6.07) is 1.60. The highest BCUT2D eigenvalue weighted by Gasteiger charge is 2.30. The highest BCUT2D eigenvalue weighted by atomic mass is 35.5. The van der Waals surface area contributed by atoms with Crippen molar-refractivity contribution in [2.24, 2.45) is 5.73 Å². The third-order valence-electron chi connectivity index (χ3n) is 2.37. The maximum absolute atomic E-state index is 13.3. The fourth-order valence-electron chi connectivity index (χ4n) is 1.66. The van der Waals surface area contributed by atoms with Gasteiger partial charge in [-0.2, -0.15) is 0 Å². The van der Waals surface area contributed by atoms with E-state index in [4.69, 9.17) is 10.5 Å². The number of nitrogens with two attached hydrogens (primary N) is 1. The lowest BCUT2D eigenvalue weighted by Crippen LogP contribution is -2.22. The number of nitro benzene ring substituents is 1. The van der Waals surface area contributed by atoms with Gasteiger partial charge in [-0.3, -0.25) is 10.1 Å². The Morgan fingerprint density at radius 3 is 2.88 bits per heavy atom. The van der Waals surface area contributed by atoms with Gasteiger partial charge in [-0.05, 0) is 6.07 Å². The molecule has 88 valence electrons. The molecule has 0 amide bonds. The average molecular weight is 249 g/mol. The van der Waals surface area contributed by atoms with Gasteiger partial charge >= 0.3 is 0 Å². The number of rotatable bonds is 1. The number of hydrogen-bond acceptors (Lipinski definition) is 4. The SMILES string of the molecule is Cl.N[C@@H]1CCOc2c(F)ccc([N+](=O)[O-])c21. The van der Waals surface area contributed by atoms with Gasteiger partial charge in [0.1, 0.15) is 0 Å². The highest BCUT2D eigenvalue weighted by molar-refractivity contribution is 5.85. The van der Waals surface area contributed by atoms with Crippen LogP contribution < -0.4 is 10.5 Å². The van der Waals surface area contributed by atoms with E-state index in [-0.39, 0.29) is 36.0 Å². The predicted molar refractivity (Wildman–Crippen MR) is 57.3 cm³/mol. The number of benzene rings is 1. The van der Waals surface area contributed by atoms with E-state index in [1.165, 1.54) is 0 Å². The fraction of sp³-hybridized carbons (Fsp3) is 0.333. The first-order valence-corrected chi connectivity index (χ1v) is 4.46. The van der Waals surface area contributed by atoms with Gasteiger partial charge in [0.2, 0.25) is 0 Å². The molecule has 1 heterocycles. The molecule has 5 nitrogen and oxygen atoms in total. The normalized spacial score (nSPS) is 18.0. The van der Waals surface area contributed by atoms with Gasteiger partial charge in [0.05, 0.1) is 17.1 Å². The Morgan fingerprint density at radius 1 is 1.56 bits per heavy atom. The molecule has 0 saturated carbocycles. The first-order valence-electron chi connectivity index (χ1n) is 4.46. The molecule has 1 aliphatic heterocycles. The molecule has 0 fully saturated rings. The van der Waals surface area contributed by atoms with Crippen LogP contribution in [0, 0.1) is 15.9 Å². The molecule has 0 radical (unpaired) electrons. The molecule has 1 aliphatic rings. The first kappa shape index (κ1) is 12.7. The maximum atomic E-state index is 13.3. The molecular weight excluding hydrogens is 239 g/mol. The number of nitrogens with zero attached hydrogens (tertiary/aromatic N) is 1. The van der Waals surface area contributed by atoms with Crippen LogP contribution in [0.15, 0.2) is 12.1 Å². The Labute approximate surface area is 96.9 Å². The predicted octanol–water partition coefficient (Wildman–Crippen LogP) is 1.94. The molecule has 0 aliphatic carbocycles. The van der Waals surface area contributed by atoms with E-state index in [0.29, 0.717) is 6.42 Å². The summed E-state index contributed by atoms with van der Waals surface area (Å²) >= 11 is 0. The molecule has 1 aromatic rings. The number of fused-ring (bicyclic) bond motifs is 1. The summed E-state index contributed by atoms with van der Waals surface area (Å²) in [5.74, 6) is -0.686. The Morgan fingerprint density at radius 2 is 2.25 bits per heavy atom. The molecule has 0 saturated heterocycles. The van der Waals surface area contributed by atoms with E-state index in [2.05, 4.69) is 0 Å². The largest absolute Gasteiger partial charge is 0.490 e. The second-order valence-electron chi connectivity index (χ2n) is 3.31. The van der Waals surface area contributed by atoms with Crippen LogP contribution >= 0.6 is 12.4 Å². The molecule has 0 bridgehead atoms. The lowest BCUT2D eigenvalue weighted by molar-refractivity contribution is -0.386. The van der Waals surface area contributed by atoms with Gasteiger partial charge in [-0.1, -0.05) is 0 Å². The number of halogens is 2. The zero-order valence-electron chi connectivity index (χ0n) is 8.18. The van der Waals surface area contributed by atoms with E-state index in [9.17, 15) is 14.5 Å². The van der Waals surface area contributed by atoms with Crippen molar-refractivity contribution < 1.29 is 14.1 Å². The van der Waals surface area contributed by atoms with Crippen molar-refractivity contribution in [2.45, 2.75) is 12.5 Å². The third-order valence-corrected chi connectivity index (χ3v) is 2.37. The highest BCUT2D eigenvalue weighted by Crippen LogP contribution is 2.39. The molecule has 1 atom stereocenters. The van der Waals surface area contributed by atoms with E-state index in [1.54, 1.807) is 0 Å². The van der Waals surface area contributed by atoms with Crippen LogP contribution in [0.5, 0.6) is 5.75 Å². The van der Waals surface area contributed by atoms with Crippen molar-refractivity contribution in [1.82, 2.24) is 0 Å². The molecule has 1 aromatic carbocycles. The van der Waals surface area contributed by atoms with Gasteiger partial charge in [0.15, 0.2) is 11.6 Å². The molecule has 2 N–H and O–H groups in total. The summed E-state index contributed by atoms with van der Waals surface area (Å²) < 4.78 is 18.3. The maximum Gasteiger partial charge on any atom is 0.278 e. The van der Waals surface area contributed by atoms with E-state index in [0.717, 1.165) is 12.1 Å². The van der Waals surface area contributed by atoms with Gasteiger partial charge in [-0.25, -0.2) is 4.39 Å². The summed E-state index contributed by atoms with van der Waals surface area (Å²) in [5.41, 5.74) is 5.68. The smallest absolute Gasteiger partial charge is 0.278 e. The van der Waals surface area contributed by atoms with E-state index >= 15 is 0 Å². The summed E-state index contributed by atoms with van der Waals surface area (Å²) in [5, 5.41) is 10.7. The summed E-state index contributed by atoms with van der Waals surface area (Å²) in [6.07, 6.45) is 0.456. The average Bonchev–Trinajstić information content (AvgIpc) is 2.19. The Kier molecular flexibility index (Phi) is 3.66. The van der Waals surface area contributed by atoms with Gasteiger partial charge in [0.25, 0.3) is 5.69 Å². The molecule has 0 unspecified atom stereocenters. The monoisotopic (exact) mass is 248 g/mol.